The molecule has 3 nitrogen and oxygen atoms in total. The molecule has 0 bridgehead atoms. The van der Waals surface area contributed by atoms with Crippen LogP contribution in [0, 0.1) is 0 Å². The van der Waals surface area contributed by atoms with E-state index in [2.05, 4.69) is 121 Å². The first-order valence-corrected chi connectivity index (χ1v) is 13.9. The minimum atomic E-state index is 0.720. The molecule has 41 heavy (non-hydrogen) atoms. The van der Waals surface area contributed by atoms with E-state index in [4.69, 9.17) is 9.98 Å². The second-order valence-corrected chi connectivity index (χ2v) is 10.4. The summed E-state index contributed by atoms with van der Waals surface area (Å²) in [6, 6.07) is 44.1. The van der Waals surface area contributed by atoms with Gasteiger partial charge < -0.3 is 0 Å². The van der Waals surface area contributed by atoms with Crippen LogP contribution in [0.3, 0.4) is 0 Å². The second-order valence-electron chi connectivity index (χ2n) is 10.4. The average Bonchev–Trinajstić information content (AvgIpc) is 3.62. The number of fused-ring (bicyclic) bond motifs is 5. The van der Waals surface area contributed by atoms with E-state index >= 15 is 0 Å². The van der Waals surface area contributed by atoms with E-state index in [-0.39, 0.29) is 0 Å². The lowest BCUT2D eigenvalue weighted by Gasteiger charge is -2.13. The van der Waals surface area contributed by atoms with Crippen molar-refractivity contribution >= 4 is 50.3 Å². The summed E-state index contributed by atoms with van der Waals surface area (Å²) in [4.78, 5) is 10.3. The van der Waals surface area contributed by atoms with Crippen LogP contribution in [0.15, 0.2) is 150 Å². The van der Waals surface area contributed by atoms with Crippen molar-refractivity contribution in [1.29, 1.82) is 0 Å². The Labute approximate surface area is 240 Å². The summed E-state index contributed by atoms with van der Waals surface area (Å²) in [5.41, 5.74) is 10.8. The lowest BCUT2D eigenvalue weighted by atomic mass is 10.0. The SMILES string of the molecule is C=C(N=C(/C=C(\C)c1ccccc1)n1c2ccccc2c2ccc3c(c21)CC(c1ccccc1)=N3)c1ccccc1. The van der Waals surface area contributed by atoms with Crippen molar-refractivity contribution < 1.29 is 0 Å². The molecule has 5 aromatic carbocycles. The van der Waals surface area contributed by atoms with Gasteiger partial charge in [-0.25, -0.2) is 4.99 Å². The third-order valence-corrected chi connectivity index (χ3v) is 7.78. The number of para-hydroxylation sites is 1. The van der Waals surface area contributed by atoms with Gasteiger partial charge in [-0.1, -0.05) is 122 Å². The van der Waals surface area contributed by atoms with E-state index in [0.717, 1.165) is 62.6 Å². The van der Waals surface area contributed by atoms with Crippen LogP contribution in [0.25, 0.3) is 33.1 Å². The van der Waals surface area contributed by atoms with Gasteiger partial charge in [-0.15, -0.1) is 0 Å². The summed E-state index contributed by atoms with van der Waals surface area (Å²) < 4.78 is 2.31. The molecular formula is C38H29N3. The zero-order chi connectivity index (χ0) is 27.8. The molecule has 0 amide bonds. The number of aliphatic imine (C=N–C) groups is 2. The van der Waals surface area contributed by atoms with Gasteiger partial charge in [-0.2, -0.15) is 0 Å². The van der Waals surface area contributed by atoms with E-state index < -0.39 is 0 Å². The topological polar surface area (TPSA) is 29.6 Å². The highest BCUT2D eigenvalue weighted by Crippen LogP contribution is 2.40. The summed E-state index contributed by atoms with van der Waals surface area (Å²) in [5.74, 6) is 0.827. The highest BCUT2D eigenvalue weighted by Gasteiger charge is 2.24. The maximum atomic E-state index is 5.23. The second kappa shape index (κ2) is 10.4. The molecule has 0 fully saturated rings. The average molecular weight is 528 g/mol. The minimum Gasteiger partial charge on any atom is -0.293 e. The summed E-state index contributed by atoms with van der Waals surface area (Å²) in [5, 5.41) is 2.40. The molecular weight excluding hydrogens is 498 g/mol. The molecule has 196 valence electrons. The molecule has 0 saturated carbocycles. The van der Waals surface area contributed by atoms with Crippen LogP contribution in [0.1, 0.15) is 29.2 Å². The summed E-state index contributed by atoms with van der Waals surface area (Å²) in [6.07, 6.45) is 2.95. The van der Waals surface area contributed by atoms with E-state index in [9.17, 15) is 0 Å². The third kappa shape index (κ3) is 4.52. The van der Waals surface area contributed by atoms with Gasteiger partial charge in [-0.05, 0) is 47.4 Å². The van der Waals surface area contributed by atoms with Gasteiger partial charge in [-0.3, -0.25) is 9.56 Å². The number of hydrogen-bond acceptors (Lipinski definition) is 2. The molecule has 6 aromatic rings. The Morgan fingerprint density at radius 1 is 0.732 bits per heavy atom. The van der Waals surface area contributed by atoms with Crippen molar-refractivity contribution in [1.82, 2.24) is 4.57 Å². The molecule has 0 radical (unpaired) electrons. The largest absolute Gasteiger partial charge is 0.293 e. The van der Waals surface area contributed by atoms with E-state index in [1.54, 1.807) is 0 Å². The lowest BCUT2D eigenvalue weighted by molar-refractivity contribution is 1.24. The highest BCUT2D eigenvalue weighted by molar-refractivity contribution is 6.21. The fourth-order valence-corrected chi connectivity index (χ4v) is 5.74. The molecule has 1 aromatic heterocycles. The summed E-state index contributed by atoms with van der Waals surface area (Å²) in [6.45, 7) is 6.53. The molecule has 0 unspecified atom stereocenters. The van der Waals surface area contributed by atoms with Crippen LogP contribution >= 0.6 is 0 Å². The van der Waals surface area contributed by atoms with Crippen LogP contribution in [0.5, 0.6) is 0 Å². The summed E-state index contributed by atoms with van der Waals surface area (Å²) in [7, 11) is 0. The molecule has 0 aliphatic carbocycles. The Morgan fingerprint density at radius 2 is 1.37 bits per heavy atom. The predicted molar refractivity (Wildman–Crippen MR) is 174 cm³/mol. The standard InChI is InChI=1S/C38H29N3/c1-26(28-14-6-3-7-15-28)24-37(39-27(2)29-16-8-4-9-17-29)41-36-21-13-12-20-31(36)32-22-23-34-33(38(32)41)25-35(40-34)30-18-10-5-11-19-30/h3-24H,2,25H2,1H3/b26-24+,39-37?. The van der Waals surface area contributed by atoms with Crippen molar-refractivity contribution in [3.63, 3.8) is 0 Å². The maximum absolute atomic E-state index is 5.23. The van der Waals surface area contributed by atoms with Crippen molar-refractivity contribution in [3.8, 4) is 0 Å². The van der Waals surface area contributed by atoms with E-state index in [1.165, 1.54) is 16.3 Å². The van der Waals surface area contributed by atoms with Gasteiger partial charge in [0.25, 0.3) is 0 Å². The van der Waals surface area contributed by atoms with Gasteiger partial charge in [0.15, 0.2) is 0 Å². The number of allylic oxidation sites excluding steroid dienone is 2. The molecule has 7 rings (SSSR count). The van der Waals surface area contributed by atoms with E-state index in [1.807, 2.05) is 30.3 Å². The number of nitrogens with zero attached hydrogens (tertiary/aromatic N) is 3. The number of aromatic nitrogens is 1. The molecule has 1 aliphatic heterocycles. The monoisotopic (exact) mass is 527 g/mol. The quantitative estimate of drug-likeness (QED) is 0.158. The van der Waals surface area contributed by atoms with Gasteiger partial charge >= 0.3 is 0 Å². The highest BCUT2D eigenvalue weighted by atomic mass is 15.1. The van der Waals surface area contributed by atoms with Crippen molar-refractivity contribution in [2.45, 2.75) is 13.3 Å². The molecule has 0 spiro atoms. The zero-order valence-corrected chi connectivity index (χ0v) is 23.0. The van der Waals surface area contributed by atoms with Crippen LogP contribution in [0.2, 0.25) is 0 Å². The van der Waals surface area contributed by atoms with Crippen molar-refractivity contribution in [2.75, 3.05) is 0 Å². The third-order valence-electron chi connectivity index (χ3n) is 7.78. The van der Waals surface area contributed by atoms with Crippen LogP contribution in [-0.4, -0.2) is 16.1 Å². The first-order valence-electron chi connectivity index (χ1n) is 13.9. The lowest BCUT2D eigenvalue weighted by Crippen LogP contribution is -2.11. The smallest absolute Gasteiger partial charge is 0.138 e. The van der Waals surface area contributed by atoms with Crippen LogP contribution < -0.4 is 0 Å². The molecule has 2 heterocycles. The first kappa shape index (κ1) is 24.7. The molecule has 3 heteroatoms. The fourth-order valence-electron chi connectivity index (χ4n) is 5.74. The Bertz CT molecular complexity index is 2010. The molecule has 0 saturated heterocycles. The normalized spacial score (nSPS) is 13.4. The Morgan fingerprint density at radius 3 is 2.10 bits per heavy atom. The van der Waals surface area contributed by atoms with Crippen molar-refractivity contribution in [2.24, 2.45) is 9.98 Å². The van der Waals surface area contributed by atoms with Gasteiger partial charge in [0.1, 0.15) is 5.84 Å². The Hall–Kier alpha value is -5.28. The zero-order valence-electron chi connectivity index (χ0n) is 23.0. The van der Waals surface area contributed by atoms with Crippen LogP contribution in [-0.2, 0) is 6.42 Å². The number of benzene rings is 5. The number of hydrogen-bond donors (Lipinski definition) is 0. The first-order chi connectivity index (χ1) is 20.2. The minimum absolute atomic E-state index is 0.720. The van der Waals surface area contributed by atoms with Gasteiger partial charge in [0.05, 0.1) is 28.1 Å². The predicted octanol–water partition coefficient (Wildman–Crippen LogP) is 9.49. The van der Waals surface area contributed by atoms with E-state index in [0.29, 0.717) is 0 Å². The molecule has 1 aliphatic rings. The molecule has 0 atom stereocenters. The molecule has 0 N–H and O–H groups in total. The Kier molecular flexibility index (Phi) is 6.25. The van der Waals surface area contributed by atoms with Gasteiger partial charge in [0.2, 0.25) is 0 Å². The van der Waals surface area contributed by atoms with Gasteiger partial charge in [0, 0.05) is 22.8 Å². The maximum Gasteiger partial charge on any atom is 0.138 e. The number of rotatable bonds is 5. The Balaban J connectivity index is 1.48. The fraction of sp³-hybridized carbons (Fsp3) is 0.0526. The summed E-state index contributed by atoms with van der Waals surface area (Å²) >= 11 is 0. The van der Waals surface area contributed by atoms with Crippen molar-refractivity contribution in [3.05, 3.63) is 162 Å². The van der Waals surface area contributed by atoms with Crippen LogP contribution in [0.4, 0.5) is 5.69 Å².